The van der Waals surface area contributed by atoms with E-state index in [1.54, 1.807) is 0 Å². The summed E-state index contributed by atoms with van der Waals surface area (Å²) in [7, 11) is 1.33. The number of rotatable bonds is 13. The summed E-state index contributed by atoms with van der Waals surface area (Å²) in [5.74, 6) is 0.780. The Balaban J connectivity index is 2.85. The van der Waals surface area contributed by atoms with Gasteiger partial charge in [0.1, 0.15) is 5.60 Å². The Morgan fingerprint density at radius 2 is 1.93 bits per heavy atom. The average Bonchev–Trinajstić information content (AvgIpc) is 2.63. The summed E-state index contributed by atoms with van der Waals surface area (Å²) < 4.78 is 5.42. The molecule has 8 heteroatoms. The van der Waals surface area contributed by atoms with E-state index in [1.807, 2.05) is 20.8 Å². The van der Waals surface area contributed by atoms with Gasteiger partial charge >= 0.3 is 5.97 Å². The summed E-state index contributed by atoms with van der Waals surface area (Å²) >= 11 is 11.9. The minimum atomic E-state index is -0.533. The number of carbonyl (C=O) groups is 2. The van der Waals surface area contributed by atoms with Gasteiger partial charge in [-0.3, -0.25) is 4.79 Å². The molecular weight excluding hydrogens is 410 g/mol. The second kappa shape index (κ2) is 13.1. The standard InChI is InChI=1S/C21H32BCl2N2O3/c1-16-5-8-19(26(11-9-23)12-10-24)13-17(16)6-7-18(25-22-15-27)14-20(28)29-21(2,3)4/h5,8,13,15,18,25H,6-7,9-12,14H2,1-4H3/t18-/m0/s1. The van der Waals surface area contributed by atoms with E-state index >= 15 is 0 Å². The van der Waals surface area contributed by atoms with Gasteiger partial charge in [-0.05, 0) is 63.8 Å². The van der Waals surface area contributed by atoms with Crippen LogP contribution in [0.1, 0.15) is 44.7 Å². The number of carbonyl (C=O) groups excluding carboxylic acids is 2. The highest BCUT2D eigenvalue weighted by atomic mass is 35.5. The first kappa shape index (κ1) is 25.8. The van der Waals surface area contributed by atoms with Gasteiger partial charge in [0.25, 0.3) is 7.41 Å². The molecule has 1 atom stereocenters. The van der Waals surface area contributed by atoms with Crippen LogP contribution < -0.4 is 10.1 Å². The van der Waals surface area contributed by atoms with Crippen molar-refractivity contribution in [3.05, 3.63) is 29.3 Å². The van der Waals surface area contributed by atoms with Crippen molar-refractivity contribution in [2.75, 3.05) is 29.7 Å². The molecule has 0 amide bonds. The molecule has 0 aliphatic carbocycles. The molecule has 0 unspecified atom stereocenters. The van der Waals surface area contributed by atoms with Crippen molar-refractivity contribution in [2.45, 2.75) is 58.6 Å². The molecule has 0 aromatic heterocycles. The fraction of sp³-hybridized carbons (Fsp3) is 0.619. The topological polar surface area (TPSA) is 58.6 Å². The molecule has 0 heterocycles. The summed E-state index contributed by atoms with van der Waals surface area (Å²) in [5, 5.41) is 3.01. The summed E-state index contributed by atoms with van der Waals surface area (Å²) in [6.45, 7) is 9.05. The van der Waals surface area contributed by atoms with E-state index in [-0.39, 0.29) is 18.4 Å². The molecule has 161 valence electrons. The van der Waals surface area contributed by atoms with Gasteiger partial charge in [-0.1, -0.05) is 6.07 Å². The van der Waals surface area contributed by atoms with Crippen LogP contribution in [0.25, 0.3) is 0 Å². The predicted octanol–water partition coefficient (Wildman–Crippen LogP) is 3.71. The number of nitrogens with one attached hydrogen (secondary N) is 1. The third kappa shape index (κ3) is 10.4. The number of ether oxygens (including phenoxy) is 1. The Morgan fingerprint density at radius 3 is 2.48 bits per heavy atom. The SMILES string of the molecule is Cc1ccc(N(CCCl)CCCl)cc1CC[C@@H](CC(=O)OC(C)(C)C)N[B]C=O. The van der Waals surface area contributed by atoms with Gasteiger partial charge in [0.05, 0.1) is 12.6 Å². The van der Waals surface area contributed by atoms with E-state index in [9.17, 15) is 9.59 Å². The second-order valence-corrected chi connectivity index (χ2v) is 8.73. The van der Waals surface area contributed by atoms with Gasteiger partial charge in [0, 0.05) is 36.6 Å². The quantitative estimate of drug-likeness (QED) is 0.219. The fourth-order valence-corrected chi connectivity index (χ4v) is 3.44. The lowest BCUT2D eigenvalue weighted by atomic mass is 9.92. The van der Waals surface area contributed by atoms with Gasteiger partial charge in [0.2, 0.25) is 0 Å². The lowest BCUT2D eigenvalue weighted by molar-refractivity contribution is -0.155. The highest BCUT2D eigenvalue weighted by molar-refractivity contribution is 6.64. The second-order valence-electron chi connectivity index (χ2n) is 7.97. The number of aryl methyl sites for hydroxylation is 2. The number of anilines is 1. The maximum Gasteiger partial charge on any atom is 0.307 e. The molecule has 0 spiro atoms. The Labute approximate surface area is 185 Å². The zero-order chi connectivity index (χ0) is 21.9. The highest BCUT2D eigenvalue weighted by Gasteiger charge is 2.20. The molecule has 1 aromatic rings. The molecular formula is C21H32BCl2N2O3. The third-order valence-corrected chi connectivity index (χ3v) is 4.74. The smallest absolute Gasteiger partial charge is 0.307 e. The summed E-state index contributed by atoms with van der Waals surface area (Å²) in [4.78, 5) is 25.1. The maximum absolute atomic E-state index is 12.2. The van der Waals surface area contributed by atoms with Crippen LogP contribution in [0, 0.1) is 6.92 Å². The maximum atomic E-state index is 12.2. The molecule has 0 fully saturated rings. The van der Waals surface area contributed by atoms with E-state index in [0.717, 1.165) is 25.2 Å². The minimum Gasteiger partial charge on any atom is -0.460 e. The molecule has 1 aromatic carbocycles. The first-order valence-electron chi connectivity index (χ1n) is 9.91. The molecule has 1 radical (unpaired) electrons. The van der Waals surface area contributed by atoms with Crippen LogP contribution in [0.5, 0.6) is 0 Å². The molecule has 0 aliphatic heterocycles. The molecule has 0 aliphatic rings. The van der Waals surface area contributed by atoms with Crippen LogP contribution in [0.3, 0.4) is 0 Å². The lowest BCUT2D eigenvalue weighted by Crippen LogP contribution is -2.37. The Bertz CT molecular complexity index is 647. The normalized spacial score (nSPS) is 12.3. The Morgan fingerprint density at radius 1 is 1.28 bits per heavy atom. The number of nitrogens with zero attached hydrogens (tertiary/aromatic N) is 1. The zero-order valence-electron chi connectivity index (χ0n) is 17.8. The van der Waals surface area contributed by atoms with Gasteiger partial charge in [0.15, 0.2) is 0 Å². The first-order valence-corrected chi connectivity index (χ1v) is 11.0. The van der Waals surface area contributed by atoms with Crippen molar-refractivity contribution in [1.82, 2.24) is 5.23 Å². The van der Waals surface area contributed by atoms with E-state index in [4.69, 9.17) is 27.9 Å². The number of benzene rings is 1. The highest BCUT2D eigenvalue weighted by Crippen LogP contribution is 2.22. The summed E-state index contributed by atoms with van der Waals surface area (Å²) in [6, 6.07) is 6.14. The van der Waals surface area contributed by atoms with Crippen molar-refractivity contribution in [2.24, 2.45) is 0 Å². The minimum absolute atomic E-state index is 0.181. The van der Waals surface area contributed by atoms with Crippen molar-refractivity contribution < 1.29 is 14.3 Å². The van der Waals surface area contributed by atoms with E-state index < -0.39 is 5.60 Å². The lowest BCUT2D eigenvalue weighted by Gasteiger charge is -2.25. The number of hydrogen-bond acceptors (Lipinski definition) is 5. The molecule has 5 nitrogen and oxygen atoms in total. The summed E-state index contributed by atoms with van der Waals surface area (Å²) in [5.41, 5.74) is 2.93. The van der Waals surface area contributed by atoms with Crippen LogP contribution >= 0.6 is 23.2 Å². The van der Waals surface area contributed by atoms with Crippen LogP contribution in [-0.4, -0.2) is 56.1 Å². The van der Waals surface area contributed by atoms with Gasteiger partial charge in [-0.2, -0.15) is 0 Å². The van der Waals surface area contributed by atoms with E-state index in [1.165, 1.54) is 18.5 Å². The van der Waals surface area contributed by atoms with Crippen molar-refractivity contribution in [1.29, 1.82) is 0 Å². The first-order chi connectivity index (χ1) is 13.7. The van der Waals surface area contributed by atoms with E-state index in [2.05, 4.69) is 35.3 Å². The fourth-order valence-electron chi connectivity index (χ4n) is 3.03. The molecule has 1 N–H and O–H groups in total. The van der Waals surface area contributed by atoms with Crippen molar-refractivity contribution in [3.63, 3.8) is 0 Å². The molecule has 0 saturated heterocycles. The predicted molar refractivity (Wildman–Crippen MR) is 123 cm³/mol. The van der Waals surface area contributed by atoms with Crippen LogP contribution in [-0.2, 0) is 20.7 Å². The molecule has 0 saturated carbocycles. The molecule has 0 bridgehead atoms. The van der Waals surface area contributed by atoms with Crippen molar-refractivity contribution in [3.8, 4) is 0 Å². The van der Waals surface area contributed by atoms with Crippen molar-refractivity contribution >= 4 is 48.5 Å². The number of halogens is 2. The van der Waals surface area contributed by atoms with Crippen LogP contribution in [0.4, 0.5) is 5.69 Å². The summed E-state index contributed by atoms with van der Waals surface area (Å²) in [6.07, 6.45) is 2.34. The number of esters is 1. The van der Waals surface area contributed by atoms with Gasteiger partial charge < -0.3 is 19.7 Å². The van der Waals surface area contributed by atoms with E-state index in [0.29, 0.717) is 24.4 Å². The van der Waals surface area contributed by atoms with Gasteiger partial charge in [-0.15, -0.1) is 23.2 Å². The Kier molecular flexibility index (Phi) is 11.7. The van der Waals surface area contributed by atoms with Crippen LogP contribution in [0.15, 0.2) is 18.2 Å². The molecule has 1 rings (SSSR count). The number of hydrogen-bond donors (Lipinski definition) is 1. The van der Waals surface area contributed by atoms with Crippen LogP contribution in [0.2, 0.25) is 0 Å². The van der Waals surface area contributed by atoms with Gasteiger partial charge in [-0.25, -0.2) is 0 Å². The molecule has 29 heavy (non-hydrogen) atoms. The zero-order valence-corrected chi connectivity index (χ0v) is 19.4. The largest absolute Gasteiger partial charge is 0.460 e. The number of alkyl halides is 2. The Hall–Kier alpha value is -1.24. The monoisotopic (exact) mass is 441 g/mol. The average molecular weight is 442 g/mol. The third-order valence-electron chi connectivity index (χ3n) is 4.40.